The van der Waals surface area contributed by atoms with Gasteiger partial charge in [0.1, 0.15) is 0 Å². The Bertz CT molecular complexity index is 89.3. The molecule has 2 nitrogen and oxygen atoms in total. The number of hydrogen-bond acceptors (Lipinski definition) is 2. The summed E-state index contributed by atoms with van der Waals surface area (Å²) in [5.74, 6) is 0. The molecule has 0 fully saturated rings. The molecule has 0 aromatic heterocycles. The predicted molar refractivity (Wildman–Crippen MR) is 46.0 cm³/mol. The van der Waals surface area contributed by atoms with Gasteiger partial charge in [-0.2, -0.15) is 0 Å². The van der Waals surface area contributed by atoms with Crippen LogP contribution in [-0.2, 0) is 0 Å². The van der Waals surface area contributed by atoms with Crippen LogP contribution >= 0.6 is 0 Å². The maximum absolute atomic E-state index is 5.77. The van der Waals surface area contributed by atoms with Crippen molar-refractivity contribution in [3.8, 4) is 0 Å². The first-order valence-electron chi connectivity index (χ1n) is 3.68. The van der Waals surface area contributed by atoms with Crippen molar-refractivity contribution in [1.29, 1.82) is 0 Å². The first-order chi connectivity index (χ1) is 4.66. The predicted octanol–water partition coefficient (Wildman–Crippen LogP) is 0.842. The van der Waals surface area contributed by atoms with Gasteiger partial charge in [-0.05, 0) is 26.9 Å². The lowest BCUT2D eigenvalue weighted by molar-refractivity contribution is 0.364. The van der Waals surface area contributed by atoms with Crippen molar-refractivity contribution in [3.63, 3.8) is 0 Å². The van der Waals surface area contributed by atoms with E-state index in [1.54, 1.807) is 0 Å². The van der Waals surface area contributed by atoms with E-state index in [0.717, 1.165) is 19.4 Å². The molecule has 0 aliphatic rings. The summed E-state index contributed by atoms with van der Waals surface area (Å²) in [5, 5.41) is 0. The third-order valence-corrected chi connectivity index (χ3v) is 1.34. The van der Waals surface area contributed by atoms with Crippen molar-refractivity contribution in [2.75, 3.05) is 20.6 Å². The minimum absolute atomic E-state index is 0.299. The summed E-state index contributed by atoms with van der Waals surface area (Å²) in [4.78, 5) is 2.10. The van der Waals surface area contributed by atoms with Crippen molar-refractivity contribution < 1.29 is 0 Å². The molecule has 10 heavy (non-hydrogen) atoms. The second-order valence-electron chi connectivity index (χ2n) is 2.89. The van der Waals surface area contributed by atoms with Crippen molar-refractivity contribution >= 4 is 0 Å². The third-order valence-electron chi connectivity index (χ3n) is 1.34. The molecule has 0 aromatic carbocycles. The Morgan fingerprint density at radius 2 is 2.20 bits per heavy atom. The lowest BCUT2D eigenvalue weighted by Gasteiger charge is -2.15. The van der Waals surface area contributed by atoms with Gasteiger partial charge in [0.2, 0.25) is 0 Å². The van der Waals surface area contributed by atoms with Crippen LogP contribution < -0.4 is 5.73 Å². The average molecular weight is 142 g/mol. The quantitative estimate of drug-likeness (QED) is 0.576. The van der Waals surface area contributed by atoms with Crippen LogP contribution in [0.25, 0.3) is 0 Å². The lowest BCUT2D eigenvalue weighted by Crippen LogP contribution is -2.32. The molecule has 0 bridgehead atoms. The molecule has 1 unspecified atom stereocenters. The highest BCUT2D eigenvalue weighted by molar-refractivity contribution is 4.72. The zero-order chi connectivity index (χ0) is 7.98. The molecule has 0 aliphatic heterocycles. The maximum Gasteiger partial charge on any atom is 0.0170 e. The van der Waals surface area contributed by atoms with E-state index in [1.165, 1.54) is 0 Å². The summed E-state index contributed by atoms with van der Waals surface area (Å²) in [6.07, 6.45) is 3.98. The summed E-state index contributed by atoms with van der Waals surface area (Å²) >= 11 is 0. The van der Waals surface area contributed by atoms with E-state index < -0.39 is 0 Å². The molecule has 0 spiro atoms. The van der Waals surface area contributed by atoms with Gasteiger partial charge in [-0.25, -0.2) is 0 Å². The Morgan fingerprint density at radius 1 is 1.60 bits per heavy atom. The van der Waals surface area contributed by atoms with Crippen LogP contribution in [0.1, 0.15) is 12.8 Å². The highest BCUT2D eigenvalue weighted by atomic mass is 15.1. The summed E-state index contributed by atoms with van der Waals surface area (Å²) in [5.41, 5.74) is 5.77. The molecule has 0 saturated heterocycles. The standard InChI is InChI=1S/C8H18N2/c1-4-5-6-8(9)7-10(2)3/h4,8H,1,5-7,9H2,2-3H3. The lowest BCUT2D eigenvalue weighted by atomic mass is 10.1. The van der Waals surface area contributed by atoms with Gasteiger partial charge in [-0.1, -0.05) is 6.08 Å². The van der Waals surface area contributed by atoms with Gasteiger partial charge in [0.05, 0.1) is 0 Å². The van der Waals surface area contributed by atoms with Crippen molar-refractivity contribution in [3.05, 3.63) is 12.7 Å². The molecule has 2 heteroatoms. The van der Waals surface area contributed by atoms with E-state index in [1.807, 2.05) is 20.2 Å². The van der Waals surface area contributed by atoms with Crippen LogP contribution in [0, 0.1) is 0 Å². The monoisotopic (exact) mass is 142 g/mol. The molecule has 60 valence electrons. The van der Waals surface area contributed by atoms with E-state index in [9.17, 15) is 0 Å². The zero-order valence-electron chi connectivity index (χ0n) is 7.01. The number of rotatable bonds is 5. The fourth-order valence-electron chi connectivity index (χ4n) is 0.892. The van der Waals surface area contributed by atoms with E-state index in [4.69, 9.17) is 5.73 Å². The molecule has 1 atom stereocenters. The van der Waals surface area contributed by atoms with Crippen LogP contribution in [0.3, 0.4) is 0 Å². The second kappa shape index (κ2) is 5.45. The first-order valence-corrected chi connectivity index (χ1v) is 3.68. The Morgan fingerprint density at radius 3 is 2.60 bits per heavy atom. The smallest absolute Gasteiger partial charge is 0.0170 e. The minimum atomic E-state index is 0.299. The molecule has 0 aromatic rings. The van der Waals surface area contributed by atoms with E-state index in [-0.39, 0.29) is 0 Å². The van der Waals surface area contributed by atoms with Crippen LogP contribution in [-0.4, -0.2) is 31.6 Å². The van der Waals surface area contributed by atoms with Crippen LogP contribution in [0.15, 0.2) is 12.7 Å². The van der Waals surface area contributed by atoms with Gasteiger partial charge < -0.3 is 10.6 Å². The fraction of sp³-hybridized carbons (Fsp3) is 0.750. The van der Waals surface area contributed by atoms with E-state index in [0.29, 0.717) is 6.04 Å². The number of nitrogens with zero attached hydrogens (tertiary/aromatic N) is 1. The molecule has 2 N–H and O–H groups in total. The molecule has 0 saturated carbocycles. The molecule has 0 aliphatic carbocycles. The summed E-state index contributed by atoms with van der Waals surface area (Å²) < 4.78 is 0. The maximum atomic E-state index is 5.77. The topological polar surface area (TPSA) is 29.3 Å². The summed E-state index contributed by atoms with van der Waals surface area (Å²) in [7, 11) is 4.07. The number of likely N-dealkylation sites (N-methyl/N-ethyl adjacent to an activating group) is 1. The molecular formula is C8H18N2. The van der Waals surface area contributed by atoms with E-state index in [2.05, 4.69) is 11.5 Å². The number of hydrogen-bond donors (Lipinski definition) is 1. The number of allylic oxidation sites excluding steroid dienone is 1. The highest BCUT2D eigenvalue weighted by Gasteiger charge is 2.00. The van der Waals surface area contributed by atoms with Gasteiger partial charge >= 0.3 is 0 Å². The average Bonchev–Trinajstić information content (AvgIpc) is 1.82. The highest BCUT2D eigenvalue weighted by Crippen LogP contribution is 1.95. The van der Waals surface area contributed by atoms with Crippen LogP contribution in [0.4, 0.5) is 0 Å². The van der Waals surface area contributed by atoms with Crippen molar-refractivity contribution in [2.24, 2.45) is 5.73 Å². The first kappa shape index (κ1) is 9.66. The molecular weight excluding hydrogens is 124 g/mol. The second-order valence-corrected chi connectivity index (χ2v) is 2.89. The van der Waals surface area contributed by atoms with Gasteiger partial charge in [-0.3, -0.25) is 0 Å². The van der Waals surface area contributed by atoms with Crippen molar-refractivity contribution in [2.45, 2.75) is 18.9 Å². The van der Waals surface area contributed by atoms with Gasteiger partial charge in [0, 0.05) is 12.6 Å². The van der Waals surface area contributed by atoms with Crippen LogP contribution in [0.5, 0.6) is 0 Å². The fourth-order valence-corrected chi connectivity index (χ4v) is 0.892. The largest absolute Gasteiger partial charge is 0.327 e. The zero-order valence-corrected chi connectivity index (χ0v) is 7.01. The Kier molecular flexibility index (Phi) is 5.26. The minimum Gasteiger partial charge on any atom is -0.327 e. The molecule has 0 amide bonds. The van der Waals surface area contributed by atoms with Gasteiger partial charge in [0.25, 0.3) is 0 Å². The third kappa shape index (κ3) is 5.79. The number of nitrogens with two attached hydrogens (primary N) is 1. The molecule has 0 radical (unpaired) electrons. The van der Waals surface area contributed by atoms with E-state index >= 15 is 0 Å². The van der Waals surface area contributed by atoms with Gasteiger partial charge in [0.15, 0.2) is 0 Å². The van der Waals surface area contributed by atoms with Gasteiger partial charge in [-0.15, -0.1) is 6.58 Å². The Labute approximate surface area is 63.7 Å². The van der Waals surface area contributed by atoms with Crippen molar-refractivity contribution in [1.82, 2.24) is 4.90 Å². The summed E-state index contributed by atoms with van der Waals surface area (Å²) in [6.45, 7) is 4.61. The van der Waals surface area contributed by atoms with Crippen LogP contribution in [0.2, 0.25) is 0 Å². The normalized spacial score (nSPS) is 13.6. The molecule has 0 heterocycles. The molecule has 0 rings (SSSR count). The summed E-state index contributed by atoms with van der Waals surface area (Å²) in [6, 6.07) is 0.299. The Hall–Kier alpha value is -0.340. The Balaban J connectivity index is 3.24. The SMILES string of the molecule is C=CCCC(N)CN(C)C.